The van der Waals surface area contributed by atoms with Gasteiger partial charge in [-0.25, -0.2) is 0 Å². The quantitative estimate of drug-likeness (QED) is 0.614. The van der Waals surface area contributed by atoms with Gasteiger partial charge in [-0.15, -0.1) is 0 Å². The zero-order valence-electron chi connectivity index (χ0n) is 11.5. The molecule has 0 aliphatic carbocycles. The summed E-state index contributed by atoms with van der Waals surface area (Å²) in [7, 11) is 0. The number of hydrogen-bond donors (Lipinski definition) is 1. The molecule has 2 aromatic rings. The molecule has 22 heavy (non-hydrogen) atoms. The van der Waals surface area contributed by atoms with Crippen molar-refractivity contribution in [3.05, 3.63) is 62.3 Å². The molecule has 0 aliphatic rings. The topological polar surface area (TPSA) is 60.1 Å². The van der Waals surface area contributed by atoms with Crippen LogP contribution in [0.25, 0.3) is 0 Å². The first-order valence-corrected chi connectivity index (χ1v) is 6.69. The monoisotopic (exact) mass is 346 g/mol. The third-order valence-corrected chi connectivity index (χ3v) is 3.80. The van der Waals surface area contributed by atoms with Gasteiger partial charge in [-0.2, -0.15) is 4.73 Å². The number of aliphatic hydroxyl groups excluding tert-OH is 1. The summed E-state index contributed by atoms with van der Waals surface area (Å²) in [6, 6.07) is 3.30. The molecule has 0 spiro atoms. The first kappa shape index (κ1) is 22.9. The summed E-state index contributed by atoms with van der Waals surface area (Å²) in [5.41, 5.74) is 3.01. The van der Waals surface area contributed by atoms with Crippen LogP contribution in [-0.2, 0) is 6.61 Å². The van der Waals surface area contributed by atoms with Crippen LogP contribution in [-0.4, -0.2) is 10.1 Å². The van der Waals surface area contributed by atoms with Gasteiger partial charge >= 0.3 is 0 Å². The maximum atomic E-state index is 10.9. The van der Waals surface area contributed by atoms with Gasteiger partial charge in [0.05, 0.1) is 17.3 Å². The Bertz CT molecular complexity index is 578. The molecule has 0 atom stereocenters. The largest absolute Gasteiger partial charge is 0.619 e. The van der Waals surface area contributed by atoms with Crippen LogP contribution in [0.15, 0.2) is 24.5 Å². The highest BCUT2D eigenvalue weighted by molar-refractivity contribution is 6.31. The van der Waals surface area contributed by atoms with Crippen molar-refractivity contribution < 1.29 is 9.84 Å². The van der Waals surface area contributed by atoms with Crippen LogP contribution in [0.5, 0.6) is 0 Å². The maximum absolute atomic E-state index is 10.9. The molecule has 0 saturated carbocycles. The van der Waals surface area contributed by atoms with Crippen molar-refractivity contribution in [1.82, 2.24) is 4.98 Å². The molecular weight excluding hydrogens is 323 g/mol. The van der Waals surface area contributed by atoms with E-state index in [9.17, 15) is 5.21 Å². The molecule has 2 aromatic heterocycles. The second-order valence-electron chi connectivity index (χ2n) is 4.22. The number of pyridine rings is 2. The zero-order chi connectivity index (χ0) is 15.3. The Morgan fingerprint density at radius 1 is 1.09 bits per heavy atom. The van der Waals surface area contributed by atoms with Crippen molar-refractivity contribution in [2.75, 3.05) is 0 Å². The third kappa shape index (κ3) is 5.79. The van der Waals surface area contributed by atoms with Crippen LogP contribution in [0.4, 0.5) is 0 Å². The standard InChI is InChI=1S/2C7H8ClNO.2CH4/c1-5-6(2)9(10)4-3-7(5)8;1-5-6(8)2-3-9-7(5)4-10;;/h3-4H,1-2H3;2-3,10H,4H2,1H3;2*1H4. The minimum atomic E-state index is -0.0492. The Labute approximate surface area is 142 Å². The minimum absolute atomic E-state index is 0. The average Bonchev–Trinajstić information content (AvgIpc) is 2.44. The number of aliphatic hydroxyl groups is 1. The van der Waals surface area contributed by atoms with Gasteiger partial charge in [0.2, 0.25) is 0 Å². The predicted octanol–water partition coefficient (Wildman–Crippen LogP) is 4.40. The van der Waals surface area contributed by atoms with E-state index in [4.69, 9.17) is 28.3 Å². The van der Waals surface area contributed by atoms with Crippen molar-refractivity contribution in [3.63, 3.8) is 0 Å². The lowest BCUT2D eigenvalue weighted by Gasteiger charge is -2.02. The molecule has 2 rings (SSSR count). The summed E-state index contributed by atoms with van der Waals surface area (Å²) in [6.45, 7) is 5.35. The third-order valence-electron chi connectivity index (χ3n) is 2.98. The fourth-order valence-corrected chi connectivity index (χ4v) is 1.78. The molecule has 6 heteroatoms. The minimum Gasteiger partial charge on any atom is -0.619 e. The van der Waals surface area contributed by atoms with Crippen molar-refractivity contribution in [2.24, 2.45) is 0 Å². The summed E-state index contributed by atoms with van der Waals surface area (Å²) in [6.07, 6.45) is 2.99. The lowest BCUT2D eigenvalue weighted by Crippen LogP contribution is -2.30. The van der Waals surface area contributed by atoms with Gasteiger partial charge in [0.15, 0.2) is 11.9 Å². The van der Waals surface area contributed by atoms with E-state index in [0.29, 0.717) is 21.4 Å². The van der Waals surface area contributed by atoms with E-state index in [1.165, 1.54) is 6.20 Å². The zero-order valence-corrected chi connectivity index (χ0v) is 13.0. The van der Waals surface area contributed by atoms with Gasteiger partial charge in [-0.05, 0) is 25.5 Å². The van der Waals surface area contributed by atoms with E-state index in [1.807, 2.05) is 13.8 Å². The Kier molecular flexibility index (Phi) is 10.8. The number of aromatic nitrogens is 2. The van der Waals surface area contributed by atoms with Gasteiger partial charge in [0, 0.05) is 29.8 Å². The number of nitrogens with zero attached hydrogens (tertiary/aromatic N) is 2. The molecular formula is C16H24Cl2N2O2. The van der Waals surface area contributed by atoms with Gasteiger partial charge in [-0.3, -0.25) is 4.98 Å². The summed E-state index contributed by atoms with van der Waals surface area (Å²) in [5, 5.41) is 20.9. The smallest absolute Gasteiger partial charge is 0.194 e. The molecule has 4 nitrogen and oxygen atoms in total. The van der Waals surface area contributed by atoms with Crippen LogP contribution in [0, 0.1) is 26.0 Å². The first-order chi connectivity index (χ1) is 9.38. The summed E-state index contributed by atoms with van der Waals surface area (Å²) in [5.74, 6) is 0. The second-order valence-corrected chi connectivity index (χ2v) is 5.04. The second kappa shape index (κ2) is 10.4. The van der Waals surface area contributed by atoms with E-state index in [1.54, 1.807) is 25.3 Å². The fourth-order valence-electron chi connectivity index (χ4n) is 1.42. The van der Waals surface area contributed by atoms with Crippen molar-refractivity contribution in [3.8, 4) is 0 Å². The summed E-state index contributed by atoms with van der Waals surface area (Å²) >= 11 is 11.5. The molecule has 2 heterocycles. The highest BCUT2D eigenvalue weighted by Crippen LogP contribution is 2.16. The van der Waals surface area contributed by atoms with Gasteiger partial charge in [-0.1, -0.05) is 38.1 Å². The normalized spacial score (nSPS) is 9.00. The van der Waals surface area contributed by atoms with Crippen LogP contribution in [0.3, 0.4) is 0 Å². The molecule has 0 unspecified atom stereocenters. The predicted molar refractivity (Wildman–Crippen MR) is 93.3 cm³/mol. The number of rotatable bonds is 1. The van der Waals surface area contributed by atoms with Crippen LogP contribution in [0.1, 0.15) is 37.4 Å². The summed E-state index contributed by atoms with van der Waals surface area (Å²) in [4.78, 5) is 3.92. The molecule has 0 aromatic carbocycles. The SMILES string of the molecule is C.C.Cc1c(Cl)cc[n+]([O-])c1C.Cc1c(Cl)ccnc1CO. The van der Waals surface area contributed by atoms with E-state index in [2.05, 4.69) is 4.98 Å². The lowest BCUT2D eigenvalue weighted by molar-refractivity contribution is -0.612. The number of halogens is 2. The van der Waals surface area contributed by atoms with Crippen LogP contribution < -0.4 is 4.73 Å². The molecule has 0 radical (unpaired) electrons. The Morgan fingerprint density at radius 2 is 1.64 bits per heavy atom. The average molecular weight is 347 g/mol. The van der Waals surface area contributed by atoms with Crippen molar-refractivity contribution in [1.29, 1.82) is 0 Å². The highest BCUT2D eigenvalue weighted by Gasteiger charge is 2.05. The maximum Gasteiger partial charge on any atom is 0.194 e. The molecule has 0 aliphatic heterocycles. The molecule has 124 valence electrons. The Morgan fingerprint density at radius 3 is 2.09 bits per heavy atom. The fraction of sp³-hybridized carbons (Fsp3) is 0.375. The highest BCUT2D eigenvalue weighted by atomic mass is 35.5. The molecule has 0 bridgehead atoms. The number of hydrogen-bond acceptors (Lipinski definition) is 3. The van der Waals surface area contributed by atoms with Gasteiger partial charge < -0.3 is 10.3 Å². The van der Waals surface area contributed by atoms with E-state index >= 15 is 0 Å². The van der Waals surface area contributed by atoms with Gasteiger partial charge in [0.1, 0.15) is 0 Å². The van der Waals surface area contributed by atoms with E-state index < -0.39 is 0 Å². The molecule has 0 fully saturated rings. The van der Waals surface area contributed by atoms with Gasteiger partial charge in [0.25, 0.3) is 0 Å². The van der Waals surface area contributed by atoms with Crippen molar-refractivity contribution in [2.45, 2.75) is 42.2 Å². The molecule has 0 saturated heterocycles. The van der Waals surface area contributed by atoms with E-state index in [0.717, 1.165) is 15.9 Å². The van der Waals surface area contributed by atoms with Crippen molar-refractivity contribution >= 4 is 23.2 Å². The van der Waals surface area contributed by atoms with Crippen LogP contribution in [0.2, 0.25) is 10.0 Å². The summed E-state index contributed by atoms with van der Waals surface area (Å²) < 4.78 is 0.807. The lowest BCUT2D eigenvalue weighted by atomic mass is 10.2. The molecule has 1 N–H and O–H groups in total. The first-order valence-electron chi connectivity index (χ1n) is 5.94. The van der Waals surface area contributed by atoms with E-state index in [-0.39, 0.29) is 21.5 Å². The van der Waals surface area contributed by atoms with Crippen LogP contribution >= 0.6 is 23.2 Å². The Hall–Kier alpha value is -1.36. The molecule has 0 amide bonds. The Balaban J connectivity index is 0.